The first-order chi connectivity index (χ1) is 12.8. The number of hydrogen-bond donors (Lipinski definition) is 3. The molecule has 0 bridgehead atoms. The van der Waals surface area contributed by atoms with Crippen LogP contribution in [0.5, 0.6) is 11.5 Å². The summed E-state index contributed by atoms with van der Waals surface area (Å²) in [7, 11) is 0. The van der Waals surface area contributed by atoms with Crippen molar-refractivity contribution in [3.63, 3.8) is 0 Å². The monoisotopic (exact) mass is 354 g/mol. The Hall–Kier alpha value is -2.54. The molecule has 1 aromatic carbocycles. The van der Waals surface area contributed by atoms with Crippen molar-refractivity contribution in [2.24, 2.45) is 11.8 Å². The molecule has 3 N–H and O–H groups in total. The summed E-state index contributed by atoms with van der Waals surface area (Å²) in [5.74, 6) is 2.64. The van der Waals surface area contributed by atoms with Crippen LogP contribution in [0.3, 0.4) is 0 Å². The Kier molecular flexibility index (Phi) is 3.81. The molecule has 1 saturated heterocycles. The van der Waals surface area contributed by atoms with E-state index in [1.54, 1.807) is 6.07 Å². The van der Waals surface area contributed by atoms with Gasteiger partial charge in [-0.25, -0.2) is 0 Å². The average molecular weight is 354 g/mol. The molecule has 7 nitrogen and oxygen atoms in total. The number of aromatic nitrogens is 2. The van der Waals surface area contributed by atoms with Crippen LogP contribution in [0.25, 0.3) is 11.3 Å². The van der Waals surface area contributed by atoms with Crippen LogP contribution in [0.4, 0.5) is 0 Å². The van der Waals surface area contributed by atoms with E-state index < -0.39 is 0 Å². The molecule has 1 aromatic heterocycles. The zero-order chi connectivity index (χ0) is 17.5. The molecule has 1 amide bonds. The minimum Gasteiger partial charge on any atom is -0.486 e. The lowest BCUT2D eigenvalue weighted by atomic mass is 9.98. The molecule has 1 saturated carbocycles. The molecule has 3 atom stereocenters. The van der Waals surface area contributed by atoms with E-state index in [1.165, 1.54) is 6.42 Å². The second kappa shape index (κ2) is 6.32. The SMILES string of the molecule is O=C(NC1CCC2CNCC21)c1cc(-c2ccc3c(c2)OCCO3)n[nH]1. The van der Waals surface area contributed by atoms with Crippen LogP contribution >= 0.6 is 0 Å². The predicted octanol–water partition coefficient (Wildman–Crippen LogP) is 1.58. The summed E-state index contributed by atoms with van der Waals surface area (Å²) < 4.78 is 11.2. The van der Waals surface area contributed by atoms with Crippen LogP contribution in [0, 0.1) is 11.8 Å². The highest BCUT2D eigenvalue weighted by Gasteiger charge is 2.39. The van der Waals surface area contributed by atoms with Gasteiger partial charge >= 0.3 is 0 Å². The molecule has 0 radical (unpaired) electrons. The fraction of sp³-hybridized carbons (Fsp3) is 0.474. The summed E-state index contributed by atoms with van der Waals surface area (Å²) in [5, 5.41) is 13.8. The largest absolute Gasteiger partial charge is 0.486 e. The molecule has 0 spiro atoms. The summed E-state index contributed by atoms with van der Waals surface area (Å²) in [5.41, 5.74) is 2.11. The zero-order valence-electron chi connectivity index (χ0n) is 14.5. The van der Waals surface area contributed by atoms with Gasteiger partial charge in [0.1, 0.15) is 18.9 Å². The highest BCUT2D eigenvalue weighted by molar-refractivity contribution is 5.93. The smallest absolute Gasteiger partial charge is 0.269 e. The van der Waals surface area contributed by atoms with Crippen LogP contribution in [-0.2, 0) is 0 Å². The van der Waals surface area contributed by atoms with Crippen molar-refractivity contribution in [3.05, 3.63) is 30.0 Å². The number of amides is 1. The molecule has 2 aliphatic heterocycles. The molecule has 5 rings (SSSR count). The predicted molar refractivity (Wildman–Crippen MR) is 95.4 cm³/mol. The van der Waals surface area contributed by atoms with Gasteiger partial charge in [-0.05, 0) is 55.5 Å². The third-order valence-electron chi connectivity index (χ3n) is 5.73. The van der Waals surface area contributed by atoms with Gasteiger partial charge in [0.15, 0.2) is 11.5 Å². The van der Waals surface area contributed by atoms with E-state index in [1.807, 2.05) is 18.2 Å². The number of benzene rings is 1. The average Bonchev–Trinajstić information content (AvgIpc) is 3.39. The molecular weight excluding hydrogens is 332 g/mol. The quantitative estimate of drug-likeness (QED) is 0.779. The van der Waals surface area contributed by atoms with Gasteiger partial charge in [-0.2, -0.15) is 5.10 Å². The molecule has 2 aromatic rings. The summed E-state index contributed by atoms with van der Waals surface area (Å²) >= 11 is 0. The van der Waals surface area contributed by atoms with Crippen molar-refractivity contribution >= 4 is 5.91 Å². The van der Waals surface area contributed by atoms with E-state index in [0.717, 1.165) is 36.5 Å². The maximum atomic E-state index is 12.6. The number of carbonyl (C=O) groups is 1. The van der Waals surface area contributed by atoms with Crippen molar-refractivity contribution in [2.75, 3.05) is 26.3 Å². The lowest BCUT2D eigenvalue weighted by Crippen LogP contribution is -2.39. The Morgan fingerprint density at radius 3 is 2.92 bits per heavy atom. The first kappa shape index (κ1) is 15.7. The first-order valence-corrected chi connectivity index (χ1v) is 9.25. The standard InChI is InChI=1S/C19H22N4O3/c24-19(21-14-3-1-12-9-20-10-13(12)14)16-8-15(22-23-16)11-2-4-17-18(7-11)26-6-5-25-17/h2,4,7-8,12-14,20H,1,3,5-6,9-10H2,(H,21,24)(H,22,23). The van der Waals surface area contributed by atoms with Gasteiger partial charge < -0.3 is 20.1 Å². The molecular formula is C19H22N4O3. The van der Waals surface area contributed by atoms with Crippen molar-refractivity contribution in [1.82, 2.24) is 20.8 Å². The zero-order valence-corrected chi connectivity index (χ0v) is 14.5. The normalized spacial score (nSPS) is 26.5. The highest BCUT2D eigenvalue weighted by atomic mass is 16.6. The maximum absolute atomic E-state index is 12.6. The number of hydrogen-bond acceptors (Lipinski definition) is 5. The molecule has 7 heteroatoms. The number of H-pyrrole nitrogens is 1. The van der Waals surface area contributed by atoms with Crippen molar-refractivity contribution in [3.8, 4) is 22.8 Å². The first-order valence-electron chi connectivity index (χ1n) is 9.25. The van der Waals surface area contributed by atoms with Crippen LogP contribution in [0.2, 0.25) is 0 Å². The summed E-state index contributed by atoms with van der Waals surface area (Å²) in [6.07, 6.45) is 2.25. The Labute approximate surface area is 151 Å². The van der Waals surface area contributed by atoms with Crippen LogP contribution < -0.4 is 20.1 Å². The van der Waals surface area contributed by atoms with Crippen molar-refractivity contribution in [1.29, 1.82) is 0 Å². The number of rotatable bonds is 3. The Morgan fingerprint density at radius 2 is 2.00 bits per heavy atom. The topological polar surface area (TPSA) is 88.3 Å². The van der Waals surface area contributed by atoms with Crippen LogP contribution in [0.1, 0.15) is 23.3 Å². The van der Waals surface area contributed by atoms with E-state index in [9.17, 15) is 4.79 Å². The highest BCUT2D eigenvalue weighted by Crippen LogP contribution is 2.35. The molecule has 1 aliphatic carbocycles. The maximum Gasteiger partial charge on any atom is 0.269 e. The summed E-state index contributed by atoms with van der Waals surface area (Å²) in [4.78, 5) is 12.6. The molecule has 2 fully saturated rings. The minimum atomic E-state index is -0.0844. The van der Waals surface area contributed by atoms with Gasteiger partial charge in [-0.3, -0.25) is 9.89 Å². The van der Waals surface area contributed by atoms with Crippen LogP contribution in [-0.4, -0.2) is 48.4 Å². The Bertz CT molecular complexity index is 834. The molecule has 26 heavy (non-hydrogen) atoms. The second-order valence-corrected chi connectivity index (χ2v) is 7.26. The fourth-order valence-corrected chi connectivity index (χ4v) is 4.36. The molecule has 3 unspecified atom stereocenters. The number of aromatic amines is 1. The van der Waals surface area contributed by atoms with Gasteiger partial charge in [0.05, 0.1) is 5.69 Å². The third kappa shape index (κ3) is 2.72. The number of fused-ring (bicyclic) bond motifs is 2. The third-order valence-corrected chi connectivity index (χ3v) is 5.73. The number of ether oxygens (including phenoxy) is 2. The number of nitrogens with zero attached hydrogens (tertiary/aromatic N) is 1. The van der Waals surface area contributed by atoms with Gasteiger partial charge in [-0.1, -0.05) is 0 Å². The Morgan fingerprint density at radius 1 is 1.12 bits per heavy atom. The van der Waals surface area contributed by atoms with Gasteiger partial charge in [-0.15, -0.1) is 0 Å². The van der Waals surface area contributed by atoms with E-state index in [0.29, 0.717) is 36.5 Å². The Balaban J connectivity index is 1.31. The van der Waals surface area contributed by atoms with Gasteiger partial charge in [0.2, 0.25) is 0 Å². The van der Waals surface area contributed by atoms with Crippen molar-refractivity contribution in [2.45, 2.75) is 18.9 Å². The number of nitrogens with one attached hydrogen (secondary N) is 3. The van der Waals surface area contributed by atoms with Crippen LogP contribution in [0.15, 0.2) is 24.3 Å². The number of carbonyl (C=O) groups excluding carboxylic acids is 1. The van der Waals surface area contributed by atoms with E-state index in [-0.39, 0.29) is 11.9 Å². The molecule has 3 heterocycles. The minimum absolute atomic E-state index is 0.0844. The second-order valence-electron chi connectivity index (χ2n) is 7.26. The van der Waals surface area contributed by atoms with E-state index >= 15 is 0 Å². The van der Waals surface area contributed by atoms with Gasteiger partial charge in [0.25, 0.3) is 5.91 Å². The fourth-order valence-electron chi connectivity index (χ4n) is 4.36. The lowest BCUT2D eigenvalue weighted by Gasteiger charge is -2.19. The van der Waals surface area contributed by atoms with Crippen molar-refractivity contribution < 1.29 is 14.3 Å². The molecule has 3 aliphatic rings. The molecule has 136 valence electrons. The lowest BCUT2D eigenvalue weighted by molar-refractivity contribution is 0.0923. The van der Waals surface area contributed by atoms with E-state index in [4.69, 9.17) is 9.47 Å². The summed E-state index contributed by atoms with van der Waals surface area (Å²) in [6, 6.07) is 7.75. The summed E-state index contributed by atoms with van der Waals surface area (Å²) in [6.45, 7) is 3.19. The van der Waals surface area contributed by atoms with Gasteiger partial charge in [0, 0.05) is 18.2 Å². The van der Waals surface area contributed by atoms with E-state index in [2.05, 4.69) is 20.8 Å².